The zero-order chi connectivity index (χ0) is 19.9. The van der Waals surface area contributed by atoms with E-state index in [0.29, 0.717) is 16.7 Å². The fourth-order valence-corrected chi connectivity index (χ4v) is 3.05. The fraction of sp³-hybridized carbons (Fsp3) is 0.158. The summed E-state index contributed by atoms with van der Waals surface area (Å²) in [6.45, 7) is -0.111. The van der Waals surface area contributed by atoms with Gasteiger partial charge in [0.15, 0.2) is 5.82 Å². The predicted molar refractivity (Wildman–Crippen MR) is 105 cm³/mol. The van der Waals surface area contributed by atoms with Crippen LogP contribution in [0.1, 0.15) is 0 Å². The first kappa shape index (κ1) is 19.6. The third kappa shape index (κ3) is 5.40. The summed E-state index contributed by atoms with van der Waals surface area (Å²) in [5, 5.41) is 10.0. The van der Waals surface area contributed by atoms with Gasteiger partial charge in [0.2, 0.25) is 17.0 Å². The minimum absolute atomic E-state index is 0.104. The van der Waals surface area contributed by atoms with Crippen LogP contribution in [0.15, 0.2) is 59.8 Å². The zero-order valence-corrected chi connectivity index (χ0v) is 15.9. The number of hydrogen-bond acceptors (Lipinski definition) is 5. The van der Waals surface area contributed by atoms with Crippen molar-refractivity contribution in [2.24, 2.45) is 0 Å². The van der Waals surface area contributed by atoms with Crippen molar-refractivity contribution in [2.45, 2.75) is 5.16 Å². The normalized spacial score (nSPS) is 10.5. The van der Waals surface area contributed by atoms with Gasteiger partial charge in [0.25, 0.3) is 0 Å². The number of carbonyl (C=O) groups is 2. The van der Waals surface area contributed by atoms with Crippen LogP contribution in [0.3, 0.4) is 0 Å². The number of aromatic amines is 1. The summed E-state index contributed by atoms with van der Waals surface area (Å²) >= 11 is 1.19. The molecule has 2 aromatic carbocycles. The summed E-state index contributed by atoms with van der Waals surface area (Å²) in [4.78, 5) is 29.9. The number of likely N-dealkylation sites (N-methyl/N-ethyl adjacent to an activating group) is 1. The van der Waals surface area contributed by atoms with E-state index in [1.165, 1.54) is 40.9 Å². The Kier molecular flexibility index (Phi) is 6.38. The summed E-state index contributed by atoms with van der Waals surface area (Å²) < 4.78 is 12.9. The Morgan fingerprint density at radius 3 is 2.57 bits per heavy atom. The van der Waals surface area contributed by atoms with Crippen LogP contribution >= 0.6 is 11.8 Å². The summed E-state index contributed by atoms with van der Waals surface area (Å²) in [7, 11) is 1.54. The number of anilines is 1. The van der Waals surface area contributed by atoms with Crippen molar-refractivity contribution >= 4 is 29.3 Å². The molecule has 0 aliphatic carbocycles. The number of H-pyrrole nitrogens is 1. The number of halogens is 1. The highest BCUT2D eigenvalue weighted by molar-refractivity contribution is 7.99. The van der Waals surface area contributed by atoms with E-state index in [1.807, 2.05) is 30.3 Å². The highest BCUT2D eigenvalue weighted by atomic mass is 32.2. The van der Waals surface area contributed by atoms with E-state index in [9.17, 15) is 14.0 Å². The molecule has 0 aliphatic heterocycles. The molecule has 28 heavy (non-hydrogen) atoms. The standard InChI is InChI=1S/C19H18FN5O2S/c1-25(11-16(26)21-15-9-7-14(20)8-10-15)17(27)12-28-19-22-18(23-24-19)13-5-3-2-4-6-13/h2-10H,11-12H2,1H3,(H,21,26)(H,22,23,24). The molecule has 2 amide bonds. The first-order chi connectivity index (χ1) is 13.5. The van der Waals surface area contributed by atoms with Gasteiger partial charge >= 0.3 is 0 Å². The van der Waals surface area contributed by atoms with E-state index in [1.54, 1.807) is 7.05 Å². The van der Waals surface area contributed by atoms with E-state index in [-0.39, 0.29) is 29.9 Å². The Hall–Kier alpha value is -3.20. The quantitative estimate of drug-likeness (QED) is 0.596. The number of benzene rings is 2. The van der Waals surface area contributed by atoms with Gasteiger partial charge in [-0.25, -0.2) is 9.37 Å². The third-order valence-corrected chi connectivity index (χ3v) is 4.60. The molecule has 1 aromatic heterocycles. The Balaban J connectivity index is 1.47. The predicted octanol–water partition coefficient (Wildman–Crippen LogP) is 2.80. The van der Waals surface area contributed by atoms with Crippen LogP contribution in [0.2, 0.25) is 0 Å². The number of rotatable bonds is 7. The fourth-order valence-electron chi connectivity index (χ4n) is 2.31. The van der Waals surface area contributed by atoms with Gasteiger partial charge < -0.3 is 10.2 Å². The van der Waals surface area contributed by atoms with Gasteiger partial charge in [-0.05, 0) is 24.3 Å². The first-order valence-corrected chi connectivity index (χ1v) is 9.40. The maximum Gasteiger partial charge on any atom is 0.243 e. The molecule has 0 radical (unpaired) electrons. The second-order valence-corrected chi connectivity index (χ2v) is 6.87. The van der Waals surface area contributed by atoms with Gasteiger partial charge in [0.1, 0.15) is 5.82 Å². The van der Waals surface area contributed by atoms with Gasteiger partial charge in [-0.15, -0.1) is 5.10 Å². The summed E-state index contributed by atoms with van der Waals surface area (Å²) in [5.41, 5.74) is 1.37. The minimum Gasteiger partial charge on any atom is -0.336 e. The van der Waals surface area contributed by atoms with Crippen LogP contribution in [-0.2, 0) is 9.59 Å². The molecule has 0 spiro atoms. The smallest absolute Gasteiger partial charge is 0.243 e. The van der Waals surface area contributed by atoms with Crippen LogP contribution in [0.5, 0.6) is 0 Å². The second-order valence-electron chi connectivity index (χ2n) is 5.93. The molecular formula is C19H18FN5O2S. The number of amides is 2. The number of aromatic nitrogens is 3. The molecule has 0 unspecified atom stereocenters. The van der Waals surface area contributed by atoms with Crippen molar-refractivity contribution in [1.29, 1.82) is 0 Å². The lowest BCUT2D eigenvalue weighted by Crippen LogP contribution is -2.35. The van der Waals surface area contributed by atoms with E-state index in [0.717, 1.165) is 5.56 Å². The van der Waals surface area contributed by atoms with E-state index in [2.05, 4.69) is 20.5 Å². The molecule has 144 valence electrons. The Bertz CT molecular complexity index is 946. The molecule has 0 saturated carbocycles. The van der Waals surface area contributed by atoms with E-state index < -0.39 is 0 Å². The highest BCUT2D eigenvalue weighted by Gasteiger charge is 2.15. The summed E-state index contributed by atoms with van der Waals surface area (Å²) in [5.74, 6) is -0.249. The van der Waals surface area contributed by atoms with Crippen molar-refractivity contribution in [3.05, 3.63) is 60.4 Å². The molecule has 9 heteroatoms. The Morgan fingerprint density at radius 1 is 1.14 bits per heavy atom. The molecule has 2 N–H and O–H groups in total. The minimum atomic E-state index is -0.385. The maximum absolute atomic E-state index is 12.9. The topological polar surface area (TPSA) is 91.0 Å². The van der Waals surface area contributed by atoms with Crippen molar-refractivity contribution in [3.63, 3.8) is 0 Å². The molecule has 0 atom stereocenters. The molecule has 3 aromatic rings. The van der Waals surface area contributed by atoms with Crippen LogP contribution in [-0.4, -0.2) is 51.2 Å². The number of nitrogens with one attached hydrogen (secondary N) is 2. The van der Waals surface area contributed by atoms with Gasteiger partial charge in [-0.3, -0.25) is 14.7 Å². The average Bonchev–Trinajstić information content (AvgIpc) is 3.17. The van der Waals surface area contributed by atoms with Crippen LogP contribution in [0.25, 0.3) is 11.4 Å². The van der Waals surface area contributed by atoms with Gasteiger partial charge in [-0.1, -0.05) is 42.1 Å². The van der Waals surface area contributed by atoms with E-state index in [4.69, 9.17) is 0 Å². The molecule has 0 aliphatic rings. The number of nitrogens with zero attached hydrogens (tertiary/aromatic N) is 3. The monoisotopic (exact) mass is 399 g/mol. The first-order valence-electron chi connectivity index (χ1n) is 8.41. The van der Waals surface area contributed by atoms with Crippen molar-refractivity contribution < 1.29 is 14.0 Å². The van der Waals surface area contributed by atoms with Gasteiger partial charge in [0, 0.05) is 18.3 Å². The lowest BCUT2D eigenvalue weighted by Gasteiger charge is -2.16. The van der Waals surface area contributed by atoms with Crippen molar-refractivity contribution in [2.75, 3.05) is 24.7 Å². The second kappa shape index (κ2) is 9.14. The van der Waals surface area contributed by atoms with Crippen molar-refractivity contribution in [1.82, 2.24) is 20.1 Å². The van der Waals surface area contributed by atoms with Crippen molar-refractivity contribution in [3.8, 4) is 11.4 Å². The number of carbonyl (C=O) groups excluding carboxylic acids is 2. The van der Waals surface area contributed by atoms with Gasteiger partial charge in [-0.2, -0.15) is 0 Å². The molecule has 3 rings (SSSR count). The Labute approximate surface area is 165 Å². The molecule has 1 heterocycles. The summed E-state index contributed by atoms with van der Waals surface area (Å²) in [6, 6.07) is 15.0. The van der Waals surface area contributed by atoms with Crippen LogP contribution < -0.4 is 5.32 Å². The molecule has 7 nitrogen and oxygen atoms in total. The third-order valence-electron chi connectivity index (χ3n) is 3.77. The Morgan fingerprint density at radius 2 is 1.86 bits per heavy atom. The summed E-state index contributed by atoms with van der Waals surface area (Å²) in [6.07, 6.45) is 0. The molecule has 0 bridgehead atoms. The molecule has 0 saturated heterocycles. The van der Waals surface area contributed by atoms with Gasteiger partial charge in [0.05, 0.1) is 12.3 Å². The SMILES string of the molecule is CN(CC(=O)Nc1ccc(F)cc1)C(=O)CSc1n[nH]c(-c2ccccc2)n1. The number of hydrogen-bond donors (Lipinski definition) is 2. The highest BCUT2D eigenvalue weighted by Crippen LogP contribution is 2.19. The largest absolute Gasteiger partial charge is 0.336 e. The maximum atomic E-state index is 12.9. The molecular weight excluding hydrogens is 381 g/mol. The van der Waals surface area contributed by atoms with Crippen LogP contribution in [0.4, 0.5) is 10.1 Å². The average molecular weight is 399 g/mol. The van der Waals surface area contributed by atoms with E-state index >= 15 is 0 Å². The molecule has 0 fully saturated rings. The van der Waals surface area contributed by atoms with Crippen LogP contribution in [0, 0.1) is 5.82 Å². The number of thioether (sulfide) groups is 1. The lowest BCUT2D eigenvalue weighted by atomic mass is 10.2. The zero-order valence-electron chi connectivity index (χ0n) is 15.1. The lowest BCUT2D eigenvalue weighted by molar-refractivity contribution is -0.131.